The molecule has 0 aliphatic carbocycles. The van der Waals surface area contributed by atoms with E-state index in [1.807, 2.05) is 13.8 Å². The fraction of sp³-hybridized carbons (Fsp3) is 0.889. The highest BCUT2D eigenvalue weighted by atomic mass is 28.4. The van der Waals surface area contributed by atoms with Crippen LogP contribution in [-0.4, -0.2) is 46.3 Å². The van der Waals surface area contributed by atoms with Crippen molar-refractivity contribution in [1.82, 2.24) is 0 Å². The Morgan fingerprint density at radius 3 is 1.21 bits per heavy atom. The smallest absolute Gasteiger partial charge is 0.201 e. The van der Waals surface area contributed by atoms with Crippen LogP contribution in [0.1, 0.15) is 103 Å². The molecule has 0 aliphatic heterocycles. The molecule has 0 unspecified atom stereocenters. The highest BCUT2D eigenvalue weighted by Crippen LogP contribution is 2.44. The van der Waals surface area contributed by atoms with E-state index in [-0.39, 0.29) is 12.2 Å². The summed E-state index contributed by atoms with van der Waals surface area (Å²) in [5.74, 6) is 0. The monoisotopic (exact) mass is 502 g/mol. The zero-order valence-electron chi connectivity index (χ0n) is 24.4. The van der Waals surface area contributed by atoms with Gasteiger partial charge in [0.25, 0.3) is 0 Å². The summed E-state index contributed by atoms with van der Waals surface area (Å²) in [7, 11) is -3.72. The first-order valence-corrected chi connectivity index (χ1v) is 17.4. The lowest BCUT2D eigenvalue weighted by atomic mass is 10.2. The molecule has 0 aromatic rings. The molecule has 1 N–H and O–H groups in total. The first-order chi connectivity index (χ1) is 15.0. The summed E-state index contributed by atoms with van der Waals surface area (Å²) in [5, 5.41) is 10.1. The van der Waals surface area contributed by atoms with E-state index in [0.29, 0.717) is 39.7 Å². The Balaban J connectivity index is 0. The summed E-state index contributed by atoms with van der Waals surface area (Å²) >= 11 is 0. The molecule has 0 rings (SSSR count). The minimum atomic E-state index is -1.88. The fourth-order valence-electron chi connectivity index (χ4n) is 5.93. The van der Waals surface area contributed by atoms with Crippen LogP contribution >= 0.6 is 0 Å². The average Bonchev–Trinajstić information content (AvgIpc) is 2.68. The Bertz CT molecular complexity index is 501. The number of hydrogen-bond acceptors (Lipinski definition) is 4. The van der Waals surface area contributed by atoms with Crippen LogP contribution in [0.3, 0.4) is 0 Å². The predicted octanol–water partition coefficient (Wildman–Crippen LogP) is 8.27. The molecule has 0 amide bonds. The second-order valence-electron chi connectivity index (χ2n) is 11.5. The van der Waals surface area contributed by atoms with Crippen LogP contribution in [0, 0.1) is 0 Å². The van der Waals surface area contributed by atoms with Crippen molar-refractivity contribution in [3.05, 3.63) is 12.7 Å². The van der Waals surface area contributed by atoms with Crippen molar-refractivity contribution in [2.75, 3.05) is 0 Å². The third-order valence-electron chi connectivity index (χ3n) is 7.34. The molecule has 0 heterocycles. The molecule has 198 valence electrons. The van der Waals surface area contributed by atoms with Crippen molar-refractivity contribution in [2.24, 2.45) is 0 Å². The molecule has 0 aromatic carbocycles. The topological polar surface area (TPSA) is 55.8 Å². The number of hydrogen-bond donors (Lipinski definition) is 1. The van der Waals surface area contributed by atoms with E-state index in [1.165, 1.54) is 0 Å². The molecule has 4 nitrogen and oxygen atoms in total. The second kappa shape index (κ2) is 15.7. The van der Waals surface area contributed by atoms with Crippen LogP contribution in [0.15, 0.2) is 12.7 Å². The van der Waals surface area contributed by atoms with Crippen molar-refractivity contribution in [3.63, 3.8) is 0 Å². The standard InChI is InChI=1S/C15H32O2Si.C12H26O2Si/c1-9-10-15(16)14(8)17-18(11(2)3,12(4)5)13(6)7;1-9(2)15(10(3)4,11(5)6)14-12(7)8-13/h9,11-16H,1,10H2,2-8H3;8-12H,1-7H3/t14-,15+;12-/m00/s1. The molecule has 33 heavy (non-hydrogen) atoms. The summed E-state index contributed by atoms with van der Waals surface area (Å²) in [4.78, 5) is 10.7. The quantitative estimate of drug-likeness (QED) is 0.147. The van der Waals surface area contributed by atoms with Crippen molar-refractivity contribution >= 4 is 22.9 Å². The minimum absolute atomic E-state index is 0.109. The lowest BCUT2D eigenvalue weighted by molar-refractivity contribution is -0.113. The number of aldehydes is 1. The summed E-state index contributed by atoms with van der Waals surface area (Å²) in [6, 6.07) is 0. The lowest BCUT2D eigenvalue weighted by Crippen LogP contribution is -2.51. The Kier molecular flexibility index (Phi) is 16.6. The SMILES string of the molecule is C=CC[C@@H](O)[C@H](C)O[Si](C(C)C)(C(C)C)C(C)C.CC(C)[Si](O[C@@H](C)C=O)(C(C)C)C(C)C. The van der Waals surface area contributed by atoms with Crippen LogP contribution in [0.5, 0.6) is 0 Å². The molecule has 0 spiro atoms. The number of aliphatic hydroxyl groups excluding tert-OH is 1. The van der Waals surface area contributed by atoms with Crippen LogP contribution in [0.4, 0.5) is 0 Å². The average molecular weight is 503 g/mol. The van der Waals surface area contributed by atoms with Crippen LogP contribution < -0.4 is 0 Å². The van der Waals surface area contributed by atoms with Crippen molar-refractivity contribution in [1.29, 1.82) is 0 Å². The summed E-state index contributed by atoms with van der Waals surface area (Å²) in [6.45, 7) is 34.5. The van der Waals surface area contributed by atoms with Crippen molar-refractivity contribution < 1.29 is 18.8 Å². The van der Waals surface area contributed by atoms with Gasteiger partial charge in [-0.2, -0.15) is 0 Å². The third-order valence-corrected chi connectivity index (χ3v) is 19.7. The summed E-state index contributed by atoms with van der Waals surface area (Å²) in [5.41, 5.74) is 3.28. The maximum Gasteiger partial charge on any atom is 0.201 e. The minimum Gasteiger partial charge on any atom is -0.411 e. The fourth-order valence-corrected chi connectivity index (χ4v) is 17.1. The van der Waals surface area contributed by atoms with Gasteiger partial charge in [0.2, 0.25) is 16.6 Å². The molecule has 0 saturated heterocycles. The predicted molar refractivity (Wildman–Crippen MR) is 150 cm³/mol. The molecule has 0 saturated carbocycles. The highest BCUT2D eigenvalue weighted by molar-refractivity contribution is 6.78. The molecule has 0 aromatic heterocycles. The number of rotatable bonds is 14. The van der Waals surface area contributed by atoms with Gasteiger partial charge in [0.1, 0.15) is 6.29 Å². The van der Waals surface area contributed by atoms with Gasteiger partial charge >= 0.3 is 0 Å². The third kappa shape index (κ3) is 9.36. The molecule has 0 radical (unpaired) electrons. The molecule has 3 atom stereocenters. The van der Waals surface area contributed by atoms with Gasteiger partial charge in [-0.15, -0.1) is 6.58 Å². The molecule has 0 fully saturated rings. The normalized spacial score (nSPS) is 15.8. The van der Waals surface area contributed by atoms with Gasteiger partial charge in [-0.3, -0.25) is 0 Å². The van der Waals surface area contributed by atoms with Crippen LogP contribution in [0.2, 0.25) is 33.2 Å². The Labute approximate surface area is 209 Å². The lowest BCUT2D eigenvalue weighted by Gasteiger charge is -2.44. The van der Waals surface area contributed by atoms with Gasteiger partial charge in [0.05, 0.1) is 18.3 Å². The molecule has 0 bridgehead atoms. The van der Waals surface area contributed by atoms with E-state index in [0.717, 1.165) is 6.29 Å². The molecule has 6 heteroatoms. The van der Waals surface area contributed by atoms with E-state index >= 15 is 0 Å². The van der Waals surface area contributed by atoms with E-state index in [1.54, 1.807) is 6.08 Å². The maximum atomic E-state index is 10.7. The molecule has 0 aliphatic rings. The van der Waals surface area contributed by atoms with Gasteiger partial charge in [-0.25, -0.2) is 0 Å². The zero-order chi connectivity index (χ0) is 26.7. The number of carbonyl (C=O) groups excluding carboxylic acids is 1. The Morgan fingerprint density at radius 1 is 0.667 bits per heavy atom. The van der Waals surface area contributed by atoms with Crippen molar-refractivity contribution in [3.8, 4) is 0 Å². The number of aliphatic hydroxyl groups is 1. The largest absolute Gasteiger partial charge is 0.411 e. The van der Waals surface area contributed by atoms with Gasteiger partial charge in [0, 0.05) is 0 Å². The van der Waals surface area contributed by atoms with Crippen LogP contribution in [-0.2, 0) is 13.6 Å². The van der Waals surface area contributed by atoms with E-state index in [2.05, 4.69) is 89.7 Å². The van der Waals surface area contributed by atoms with Crippen molar-refractivity contribution in [2.45, 2.75) is 155 Å². The van der Waals surface area contributed by atoms with Crippen LogP contribution in [0.25, 0.3) is 0 Å². The number of carbonyl (C=O) groups is 1. The van der Waals surface area contributed by atoms with Gasteiger partial charge in [-0.1, -0.05) is 89.2 Å². The molecular weight excluding hydrogens is 444 g/mol. The summed E-state index contributed by atoms with van der Waals surface area (Å²) in [6.07, 6.45) is 2.46. The van der Waals surface area contributed by atoms with Gasteiger partial charge in [-0.05, 0) is 53.5 Å². The highest BCUT2D eigenvalue weighted by Gasteiger charge is 2.47. The molecular formula is C27H58O4Si2. The van der Waals surface area contributed by atoms with Gasteiger partial charge < -0.3 is 18.8 Å². The van der Waals surface area contributed by atoms with E-state index in [4.69, 9.17) is 8.85 Å². The van der Waals surface area contributed by atoms with E-state index in [9.17, 15) is 9.90 Å². The Morgan fingerprint density at radius 2 is 0.970 bits per heavy atom. The first kappa shape index (κ1) is 34.9. The zero-order valence-corrected chi connectivity index (χ0v) is 26.4. The first-order valence-electron chi connectivity index (χ1n) is 13.1. The van der Waals surface area contributed by atoms with Gasteiger partial charge in [0.15, 0.2) is 0 Å². The van der Waals surface area contributed by atoms with E-state index < -0.39 is 22.7 Å². The Hall–Kier alpha value is -0.276. The second-order valence-corrected chi connectivity index (χ2v) is 22.3. The maximum absolute atomic E-state index is 10.7. The summed E-state index contributed by atoms with van der Waals surface area (Å²) < 4.78 is 12.6.